The van der Waals surface area contributed by atoms with E-state index in [0.717, 1.165) is 6.54 Å². The van der Waals surface area contributed by atoms with Crippen LogP contribution in [0.15, 0.2) is 6.20 Å². The zero-order valence-corrected chi connectivity index (χ0v) is 13.4. The van der Waals surface area contributed by atoms with Gasteiger partial charge in [0.25, 0.3) is 0 Å². The van der Waals surface area contributed by atoms with Crippen molar-refractivity contribution < 1.29 is 17.9 Å². The predicted octanol–water partition coefficient (Wildman–Crippen LogP) is 0.0707. The normalized spacial score (nSPS) is 20.9. The van der Waals surface area contributed by atoms with E-state index in [1.165, 1.54) is 13.3 Å². The van der Waals surface area contributed by atoms with Crippen LogP contribution < -0.4 is 4.74 Å². The van der Waals surface area contributed by atoms with Gasteiger partial charge in [-0.1, -0.05) is 0 Å². The molecule has 2 rings (SSSR count). The molecule has 0 saturated carbocycles. The Morgan fingerprint density at radius 1 is 1.52 bits per heavy atom. The average Bonchev–Trinajstić information content (AvgIpc) is 2.98. The van der Waals surface area contributed by atoms with Crippen molar-refractivity contribution in [2.75, 3.05) is 39.3 Å². The third kappa shape index (κ3) is 3.62. The third-order valence-electron chi connectivity index (χ3n) is 3.62. The van der Waals surface area contributed by atoms with Gasteiger partial charge in [-0.05, 0) is 20.5 Å². The Balaban J connectivity index is 2.24. The second kappa shape index (κ2) is 6.15. The van der Waals surface area contributed by atoms with Crippen molar-refractivity contribution in [2.45, 2.75) is 13.0 Å². The number of hydrogen-bond donors (Lipinski definition) is 0. The van der Waals surface area contributed by atoms with Crippen molar-refractivity contribution in [1.29, 1.82) is 0 Å². The monoisotopic (exact) mass is 315 g/mol. The molecule has 0 amide bonds. The number of rotatable bonds is 6. The number of nitrogens with zero attached hydrogens (tertiary/aromatic N) is 3. The van der Waals surface area contributed by atoms with Crippen molar-refractivity contribution in [2.24, 2.45) is 5.92 Å². The Kier molecular flexibility index (Phi) is 4.67. The summed E-state index contributed by atoms with van der Waals surface area (Å²) in [6.45, 7) is 1.28. The lowest BCUT2D eigenvalue weighted by Crippen LogP contribution is -2.24. The molecule has 8 heteroatoms. The summed E-state index contributed by atoms with van der Waals surface area (Å²) < 4.78 is 29.9. The third-order valence-corrected chi connectivity index (χ3v) is 5.39. The molecule has 2 heterocycles. The van der Waals surface area contributed by atoms with Crippen LogP contribution >= 0.6 is 0 Å². The van der Waals surface area contributed by atoms with E-state index in [-0.39, 0.29) is 17.3 Å². The quantitative estimate of drug-likeness (QED) is 0.691. The Bertz CT molecular complexity index is 621. The van der Waals surface area contributed by atoms with Crippen molar-refractivity contribution in [3.63, 3.8) is 0 Å². The maximum atomic E-state index is 12.6. The largest absolute Gasteiger partial charge is 0.493 e. The molecule has 0 aliphatic carbocycles. The van der Waals surface area contributed by atoms with Crippen LogP contribution in [-0.4, -0.2) is 68.1 Å². The Morgan fingerprint density at radius 3 is 2.76 bits per heavy atom. The summed E-state index contributed by atoms with van der Waals surface area (Å²) in [4.78, 5) is 14.6. The van der Waals surface area contributed by atoms with Crippen LogP contribution in [0.25, 0.3) is 0 Å². The van der Waals surface area contributed by atoms with Gasteiger partial charge in [0, 0.05) is 12.5 Å². The molecule has 0 N–H and O–H groups in total. The summed E-state index contributed by atoms with van der Waals surface area (Å²) in [6.07, 6.45) is 1.88. The Labute approximate surface area is 124 Å². The molecule has 1 aliphatic heterocycles. The van der Waals surface area contributed by atoms with E-state index in [1.807, 2.05) is 19.0 Å². The van der Waals surface area contributed by atoms with Gasteiger partial charge in [-0.25, -0.2) is 8.42 Å². The van der Waals surface area contributed by atoms with Crippen LogP contribution in [0.3, 0.4) is 0 Å². The van der Waals surface area contributed by atoms with E-state index >= 15 is 0 Å². The first-order valence-electron chi connectivity index (χ1n) is 6.83. The molecule has 1 aromatic heterocycles. The van der Waals surface area contributed by atoms with E-state index < -0.39 is 15.8 Å². The predicted molar refractivity (Wildman–Crippen MR) is 78.4 cm³/mol. The van der Waals surface area contributed by atoms with Crippen LogP contribution in [0.5, 0.6) is 5.75 Å². The number of carbonyl (C=O) groups excluding carboxylic acids is 1. The lowest BCUT2D eigenvalue weighted by molar-refractivity contribution is 0.0918. The molecule has 1 aliphatic rings. The second-order valence-electron chi connectivity index (χ2n) is 5.55. The van der Waals surface area contributed by atoms with E-state index in [0.29, 0.717) is 24.4 Å². The highest BCUT2D eigenvalue weighted by molar-refractivity contribution is 7.91. The molecule has 0 spiro atoms. The standard InChI is InChI=1S/C13H21N3O4S/c1-15(2)5-6-16-12(11(20-3)8-14-16)13(17)10-4-7-21(18,19)9-10/h8,10H,4-7,9H2,1-3H3. The van der Waals surface area contributed by atoms with Gasteiger partial charge < -0.3 is 9.64 Å². The lowest BCUT2D eigenvalue weighted by atomic mass is 10.0. The zero-order valence-electron chi connectivity index (χ0n) is 12.6. The molecule has 21 heavy (non-hydrogen) atoms. The summed E-state index contributed by atoms with van der Waals surface area (Å²) in [5.41, 5.74) is 0.376. The highest BCUT2D eigenvalue weighted by atomic mass is 32.2. The maximum absolute atomic E-state index is 12.6. The van der Waals surface area contributed by atoms with Crippen LogP contribution in [0.2, 0.25) is 0 Å². The van der Waals surface area contributed by atoms with Gasteiger partial charge in [0.15, 0.2) is 21.4 Å². The highest BCUT2D eigenvalue weighted by Gasteiger charge is 2.36. The first kappa shape index (κ1) is 16.0. The van der Waals surface area contributed by atoms with Gasteiger partial charge in [0.05, 0.1) is 31.4 Å². The average molecular weight is 315 g/mol. The molecule has 1 atom stereocenters. The lowest BCUT2D eigenvalue weighted by Gasteiger charge is -2.14. The van der Waals surface area contributed by atoms with Gasteiger partial charge in [0.2, 0.25) is 0 Å². The van der Waals surface area contributed by atoms with Gasteiger partial charge in [-0.15, -0.1) is 0 Å². The minimum absolute atomic E-state index is 0.0755. The molecule has 1 aromatic rings. The molecular formula is C13H21N3O4S. The zero-order chi connectivity index (χ0) is 15.6. The molecule has 1 saturated heterocycles. The number of methoxy groups -OCH3 is 1. The van der Waals surface area contributed by atoms with Gasteiger partial charge >= 0.3 is 0 Å². The van der Waals surface area contributed by atoms with Crippen LogP contribution in [0.4, 0.5) is 0 Å². The van der Waals surface area contributed by atoms with Gasteiger partial charge in [-0.2, -0.15) is 5.10 Å². The molecule has 1 fully saturated rings. The van der Waals surface area contributed by atoms with Crippen molar-refractivity contribution in [3.05, 3.63) is 11.9 Å². The number of sulfone groups is 1. The summed E-state index contributed by atoms with van der Waals surface area (Å²) >= 11 is 0. The number of aromatic nitrogens is 2. The SMILES string of the molecule is COc1cnn(CCN(C)C)c1C(=O)C1CCS(=O)(=O)C1. The topological polar surface area (TPSA) is 81.5 Å². The minimum atomic E-state index is -3.09. The molecule has 0 bridgehead atoms. The number of hydrogen-bond acceptors (Lipinski definition) is 6. The van der Waals surface area contributed by atoms with Crippen LogP contribution in [0, 0.1) is 5.92 Å². The molecule has 1 unspecified atom stereocenters. The number of carbonyl (C=O) groups is 1. The Hall–Kier alpha value is -1.41. The fourth-order valence-electron chi connectivity index (χ4n) is 2.43. The van der Waals surface area contributed by atoms with Crippen LogP contribution in [-0.2, 0) is 16.4 Å². The number of Topliss-reactive ketones (excluding diaryl/α,β-unsaturated/α-hetero) is 1. The smallest absolute Gasteiger partial charge is 0.188 e. The molecule has 118 valence electrons. The highest BCUT2D eigenvalue weighted by Crippen LogP contribution is 2.27. The first-order valence-corrected chi connectivity index (χ1v) is 8.65. The van der Waals surface area contributed by atoms with Gasteiger partial charge in [-0.3, -0.25) is 9.48 Å². The Morgan fingerprint density at radius 2 is 2.24 bits per heavy atom. The molecular weight excluding hydrogens is 294 g/mol. The second-order valence-corrected chi connectivity index (χ2v) is 7.78. The van der Waals surface area contributed by atoms with E-state index in [9.17, 15) is 13.2 Å². The fraction of sp³-hybridized carbons (Fsp3) is 0.692. The minimum Gasteiger partial charge on any atom is -0.493 e. The maximum Gasteiger partial charge on any atom is 0.188 e. The van der Waals surface area contributed by atoms with Crippen molar-refractivity contribution in [3.8, 4) is 5.75 Å². The van der Waals surface area contributed by atoms with Gasteiger partial charge in [0.1, 0.15) is 5.69 Å². The summed E-state index contributed by atoms with van der Waals surface area (Å²) in [5.74, 6) is -0.267. The summed E-state index contributed by atoms with van der Waals surface area (Å²) in [5, 5.41) is 4.18. The molecule has 7 nitrogen and oxygen atoms in total. The number of likely N-dealkylation sites (N-methyl/N-ethyl adjacent to an activating group) is 1. The summed E-state index contributed by atoms with van der Waals surface area (Å²) in [7, 11) is 2.26. The van der Waals surface area contributed by atoms with E-state index in [4.69, 9.17) is 4.74 Å². The van der Waals surface area contributed by atoms with Crippen molar-refractivity contribution in [1.82, 2.24) is 14.7 Å². The van der Waals surface area contributed by atoms with E-state index in [2.05, 4.69) is 5.10 Å². The number of ketones is 1. The molecule has 0 aromatic carbocycles. The fourth-order valence-corrected chi connectivity index (χ4v) is 4.17. The summed E-state index contributed by atoms with van der Waals surface area (Å²) in [6, 6.07) is 0. The van der Waals surface area contributed by atoms with E-state index in [1.54, 1.807) is 4.68 Å². The first-order chi connectivity index (χ1) is 9.84. The number of ether oxygens (including phenoxy) is 1. The molecule has 0 radical (unpaired) electrons. The van der Waals surface area contributed by atoms with Crippen LogP contribution in [0.1, 0.15) is 16.9 Å². The van der Waals surface area contributed by atoms with Crippen molar-refractivity contribution >= 4 is 15.6 Å².